The van der Waals surface area contributed by atoms with Crippen molar-refractivity contribution < 1.29 is 23.7 Å². The van der Waals surface area contributed by atoms with E-state index >= 15 is 0 Å². The number of aromatic nitrogens is 6. The molecule has 310 valence electrons. The number of fused-ring (bicyclic) bond motifs is 6. The number of likely N-dealkylation sites (tertiary alicyclic amines) is 1. The summed E-state index contributed by atoms with van der Waals surface area (Å²) in [6.07, 6.45) is 24.4. The molecule has 8 aliphatic rings. The highest BCUT2D eigenvalue weighted by atomic mass is 16.5. The first-order valence-electron chi connectivity index (χ1n) is 21.6. The molecule has 6 aliphatic heterocycles. The molecule has 0 amide bonds. The predicted octanol–water partition coefficient (Wildman–Crippen LogP) is 5.46. The van der Waals surface area contributed by atoms with Crippen molar-refractivity contribution in [3.8, 4) is 0 Å². The maximum Gasteiger partial charge on any atom is 0.184 e. The van der Waals surface area contributed by atoms with Crippen LogP contribution in [0.1, 0.15) is 105 Å². The zero-order chi connectivity index (χ0) is 38.1. The van der Waals surface area contributed by atoms with E-state index in [9.17, 15) is 4.79 Å². The Morgan fingerprint density at radius 3 is 1.52 bits per heavy atom. The smallest absolute Gasteiger partial charge is 0.184 e. The number of imidazole rings is 2. The van der Waals surface area contributed by atoms with Gasteiger partial charge in [-0.3, -0.25) is 28.5 Å². The standard InChI is InChI=1S/C22H28N4O2.C19H24N4O.C3H4O2.CH4/c1-2-19-22(18(1)15-5-9-27-10-6-15)26-12-20(24-21(26)11-23-19)16-3-7-25(8-4-16)17-13-28-14-17;1-2-16-19(15(1)13-5-9-24-10-6-13)23-12-17(22-18(23)11-21-16)14-3-7-20-8-4-14;4-3-1-5-2-3;/h1,11-12,15-17H,2-10,13-14H2;1,11-14,20H,2-10H2;1-2H2;1H4. The van der Waals surface area contributed by atoms with Crippen molar-refractivity contribution in [2.24, 2.45) is 11.8 Å². The van der Waals surface area contributed by atoms with Crippen LogP contribution in [0.25, 0.3) is 22.4 Å². The first kappa shape index (κ1) is 39.6. The Kier molecular flexibility index (Phi) is 12.1. The van der Waals surface area contributed by atoms with Gasteiger partial charge in [-0.25, -0.2) is 9.97 Å². The number of carbonyl (C=O) groups excluding carboxylic acids is 1. The number of Topliss-reactive ketones (excluding diaryl/α,β-unsaturated/α-hetero) is 1. The van der Waals surface area contributed by atoms with E-state index in [0.29, 0.717) is 42.9 Å². The molecule has 0 bridgehead atoms. The summed E-state index contributed by atoms with van der Waals surface area (Å²) in [5.74, 6) is 2.56. The number of carbonyl (C=O) groups is 1. The molecular weight excluding hydrogens is 733 g/mol. The quantitative estimate of drug-likeness (QED) is 0.277. The molecule has 0 aromatic carbocycles. The van der Waals surface area contributed by atoms with Gasteiger partial charge in [0, 0.05) is 63.5 Å². The Hall–Kier alpha value is -3.85. The molecular formula is C45H60N8O5. The zero-order valence-electron chi connectivity index (χ0n) is 33.1. The first-order chi connectivity index (χ1) is 28.2. The van der Waals surface area contributed by atoms with Gasteiger partial charge in [0.05, 0.1) is 65.8 Å². The molecule has 2 aliphatic carbocycles. The van der Waals surface area contributed by atoms with Gasteiger partial charge >= 0.3 is 0 Å². The van der Waals surface area contributed by atoms with E-state index < -0.39 is 0 Å². The van der Waals surface area contributed by atoms with Crippen LogP contribution in [0.2, 0.25) is 0 Å². The Morgan fingerprint density at radius 2 is 1.09 bits per heavy atom. The number of hydrogen-bond donors (Lipinski definition) is 1. The molecule has 1 N–H and O–H groups in total. The van der Waals surface area contributed by atoms with Crippen molar-refractivity contribution in [3.63, 3.8) is 0 Å². The summed E-state index contributed by atoms with van der Waals surface area (Å²) in [6, 6.07) is 0.654. The van der Waals surface area contributed by atoms with Gasteiger partial charge in [0.2, 0.25) is 0 Å². The van der Waals surface area contributed by atoms with Crippen LogP contribution in [-0.4, -0.2) is 124 Å². The number of piperidine rings is 2. The summed E-state index contributed by atoms with van der Waals surface area (Å²) < 4.78 is 25.6. The lowest BCUT2D eigenvalue weighted by Gasteiger charge is -2.41. The molecule has 10 heterocycles. The molecule has 0 atom stereocenters. The van der Waals surface area contributed by atoms with Crippen LogP contribution in [-0.2, 0) is 36.6 Å². The van der Waals surface area contributed by atoms with Gasteiger partial charge in [-0.05, 0) is 101 Å². The average Bonchev–Trinajstić information content (AvgIpc) is 4.05. The maximum absolute atomic E-state index is 9.77. The summed E-state index contributed by atoms with van der Waals surface area (Å²) >= 11 is 0. The minimum absolute atomic E-state index is 0. The topological polar surface area (TPSA) is 130 Å². The van der Waals surface area contributed by atoms with Gasteiger partial charge in [0.1, 0.15) is 13.2 Å². The number of hydrogen-bond acceptors (Lipinski definition) is 11. The zero-order valence-corrected chi connectivity index (χ0v) is 33.1. The number of nitrogens with zero attached hydrogens (tertiary/aromatic N) is 7. The molecule has 6 saturated heterocycles. The summed E-state index contributed by atoms with van der Waals surface area (Å²) in [6.45, 7) is 10.6. The summed E-state index contributed by atoms with van der Waals surface area (Å²) in [4.78, 5) is 31.8. The average molecular weight is 793 g/mol. The van der Waals surface area contributed by atoms with Crippen LogP contribution < -0.4 is 5.32 Å². The SMILES string of the molecule is C.C1=C(C2CCOCC2)c2c(ncc3nc(C4CCN(C5COC5)CC4)cn23)C1.C1=C(C2CCOCC2)c2c(ncc3nc(C4CCNCC4)cn23)C1.O=C1COC1. The second kappa shape index (κ2) is 17.8. The monoisotopic (exact) mass is 792 g/mol. The van der Waals surface area contributed by atoms with E-state index in [4.69, 9.17) is 34.1 Å². The minimum Gasteiger partial charge on any atom is -0.381 e. The fourth-order valence-electron chi connectivity index (χ4n) is 9.98. The van der Waals surface area contributed by atoms with Crippen LogP contribution in [0.4, 0.5) is 0 Å². The number of ether oxygens (including phenoxy) is 4. The van der Waals surface area contributed by atoms with Crippen molar-refractivity contribution in [3.05, 3.63) is 71.1 Å². The van der Waals surface area contributed by atoms with E-state index in [1.54, 1.807) is 0 Å². The van der Waals surface area contributed by atoms with Gasteiger partial charge < -0.3 is 24.3 Å². The molecule has 0 saturated carbocycles. The third kappa shape index (κ3) is 8.05. The molecule has 0 radical (unpaired) electrons. The third-order valence-electron chi connectivity index (χ3n) is 13.5. The summed E-state index contributed by atoms with van der Waals surface area (Å²) in [5.41, 5.74) is 12.5. The normalized spacial score (nSPS) is 23.4. The van der Waals surface area contributed by atoms with Crippen molar-refractivity contribution in [2.75, 3.05) is 79.0 Å². The minimum atomic E-state index is 0. The lowest BCUT2D eigenvalue weighted by Crippen LogP contribution is -2.51. The van der Waals surface area contributed by atoms with E-state index in [0.717, 1.165) is 116 Å². The number of nitrogens with one attached hydrogen (secondary N) is 1. The lowest BCUT2D eigenvalue weighted by atomic mass is 9.90. The fourth-order valence-corrected chi connectivity index (χ4v) is 9.98. The highest BCUT2D eigenvalue weighted by molar-refractivity contribution is 5.84. The highest BCUT2D eigenvalue weighted by Crippen LogP contribution is 2.40. The Balaban J connectivity index is 0.000000133. The van der Waals surface area contributed by atoms with Crippen molar-refractivity contribution in [1.82, 2.24) is 39.0 Å². The van der Waals surface area contributed by atoms with E-state index in [1.807, 2.05) is 12.4 Å². The van der Waals surface area contributed by atoms with Gasteiger partial charge in [-0.2, -0.15) is 0 Å². The van der Waals surface area contributed by atoms with Crippen LogP contribution in [0.15, 0.2) is 36.9 Å². The molecule has 0 unspecified atom stereocenters. The van der Waals surface area contributed by atoms with Gasteiger partial charge in [0.15, 0.2) is 17.1 Å². The molecule has 0 spiro atoms. The van der Waals surface area contributed by atoms with Crippen LogP contribution in [0.3, 0.4) is 0 Å². The Labute approximate surface area is 341 Å². The number of ketones is 1. The molecule has 4 aromatic rings. The molecule has 4 aromatic heterocycles. The Morgan fingerprint density at radius 1 is 0.603 bits per heavy atom. The van der Waals surface area contributed by atoms with Crippen LogP contribution >= 0.6 is 0 Å². The van der Waals surface area contributed by atoms with Crippen LogP contribution in [0.5, 0.6) is 0 Å². The third-order valence-corrected chi connectivity index (χ3v) is 13.5. The van der Waals surface area contributed by atoms with Gasteiger partial charge in [-0.1, -0.05) is 19.6 Å². The van der Waals surface area contributed by atoms with Crippen molar-refractivity contribution >= 4 is 28.2 Å². The van der Waals surface area contributed by atoms with E-state index in [2.05, 4.69) is 48.3 Å². The van der Waals surface area contributed by atoms with Gasteiger partial charge in [0.25, 0.3) is 0 Å². The second-order valence-corrected chi connectivity index (χ2v) is 17.0. The maximum atomic E-state index is 9.77. The van der Waals surface area contributed by atoms with Gasteiger partial charge in [-0.15, -0.1) is 0 Å². The fraction of sp³-hybridized carbons (Fsp3) is 0.622. The molecule has 12 rings (SSSR count). The number of allylic oxidation sites excluding steroid dienone is 4. The summed E-state index contributed by atoms with van der Waals surface area (Å²) in [5, 5.41) is 3.44. The molecule has 13 nitrogen and oxygen atoms in total. The van der Waals surface area contributed by atoms with Crippen molar-refractivity contribution in [1.29, 1.82) is 0 Å². The van der Waals surface area contributed by atoms with E-state index in [-0.39, 0.29) is 13.2 Å². The predicted molar refractivity (Wildman–Crippen MR) is 222 cm³/mol. The summed E-state index contributed by atoms with van der Waals surface area (Å²) in [7, 11) is 0. The molecule has 13 heteroatoms. The van der Waals surface area contributed by atoms with Crippen LogP contribution in [0, 0.1) is 11.8 Å². The lowest BCUT2D eigenvalue weighted by molar-refractivity contribution is -0.140. The van der Waals surface area contributed by atoms with E-state index in [1.165, 1.54) is 71.0 Å². The molecule has 58 heavy (non-hydrogen) atoms. The molecule has 6 fully saturated rings. The highest BCUT2D eigenvalue weighted by Gasteiger charge is 2.33. The second-order valence-electron chi connectivity index (χ2n) is 17.0. The Bertz CT molecular complexity index is 2120. The first-order valence-corrected chi connectivity index (χ1v) is 21.6. The number of rotatable bonds is 5. The largest absolute Gasteiger partial charge is 0.381 e. The van der Waals surface area contributed by atoms with Crippen molar-refractivity contribution in [2.45, 2.75) is 89.5 Å².